The SMILES string of the molecule is C[C@H]1NCCn2c(-c3nc4c(s3)CCC4)nnc21. The molecule has 2 aromatic heterocycles. The van der Waals surface area contributed by atoms with E-state index in [1.165, 1.54) is 23.4 Å². The Labute approximate surface area is 109 Å². The lowest BCUT2D eigenvalue weighted by atomic mass is 10.2. The van der Waals surface area contributed by atoms with Crippen LogP contribution in [0.4, 0.5) is 0 Å². The second-order valence-corrected chi connectivity index (χ2v) is 6.04. The number of hydrogen-bond donors (Lipinski definition) is 1. The lowest BCUT2D eigenvalue weighted by Crippen LogP contribution is -2.32. The summed E-state index contributed by atoms with van der Waals surface area (Å²) in [6, 6.07) is 0.284. The first-order chi connectivity index (χ1) is 8.83. The Morgan fingerprint density at radius 3 is 3.17 bits per heavy atom. The van der Waals surface area contributed by atoms with Crippen molar-refractivity contribution in [3.8, 4) is 10.8 Å². The highest BCUT2D eigenvalue weighted by atomic mass is 32.1. The van der Waals surface area contributed by atoms with Crippen LogP contribution in [0.5, 0.6) is 0 Å². The van der Waals surface area contributed by atoms with Gasteiger partial charge < -0.3 is 9.88 Å². The molecule has 3 heterocycles. The highest BCUT2D eigenvalue weighted by Crippen LogP contribution is 2.33. The van der Waals surface area contributed by atoms with Crippen LogP contribution in [0.15, 0.2) is 0 Å². The van der Waals surface area contributed by atoms with Crippen LogP contribution in [-0.4, -0.2) is 26.3 Å². The fraction of sp³-hybridized carbons (Fsp3) is 0.583. The van der Waals surface area contributed by atoms with Gasteiger partial charge in [-0.3, -0.25) is 0 Å². The molecule has 0 unspecified atom stereocenters. The number of hydrogen-bond acceptors (Lipinski definition) is 5. The summed E-state index contributed by atoms with van der Waals surface area (Å²) in [7, 11) is 0. The molecule has 0 radical (unpaired) electrons. The molecule has 0 fully saturated rings. The van der Waals surface area contributed by atoms with Gasteiger partial charge in [-0.1, -0.05) is 0 Å². The van der Waals surface area contributed by atoms with Gasteiger partial charge in [0.25, 0.3) is 0 Å². The van der Waals surface area contributed by atoms with Gasteiger partial charge in [0.15, 0.2) is 10.8 Å². The molecule has 0 aromatic carbocycles. The molecule has 0 saturated carbocycles. The van der Waals surface area contributed by atoms with Gasteiger partial charge >= 0.3 is 0 Å². The maximum Gasteiger partial charge on any atom is 0.193 e. The Bertz CT molecular complexity index is 578. The molecule has 0 amide bonds. The molecule has 2 aliphatic rings. The average molecular weight is 261 g/mol. The van der Waals surface area contributed by atoms with Gasteiger partial charge in [0.1, 0.15) is 5.82 Å². The number of fused-ring (bicyclic) bond motifs is 2. The normalized spacial score (nSPS) is 21.9. The van der Waals surface area contributed by atoms with Gasteiger partial charge in [-0.05, 0) is 26.2 Å². The first-order valence-corrected chi connectivity index (χ1v) is 7.30. The van der Waals surface area contributed by atoms with E-state index in [1.54, 1.807) is 11.3 Å². The fourth-order valence-corrected chi connectivity index (χ4v) is 3.93. The predicted octanol–water partition coefficient (Wildman–Crippen LogP) is 1.55. The number of aromatic nitrogens is 4. The third-order valence-electron chi connectivity index (χ3n) is 3.74. The molecule has 1 aliphatic heterocycles. The first-order valence-electron chi connectivity index (χ1n) is 6.48. The van der Waals surface area contributed by atoms with Crippen LogP contribution in [0.3, 0.4) is 0 Å². The molecule has 1 aliphatic carbocycles. The zero-order valence-electron chi connectivity index (χ0n) is 10.3. The minimum absolute atomic E-state index is 0.284. The van der Waals surface area contributed by atoms with E-state index >= 15 is 0 Å². The zero-order chi connectivity index (χ0) is 12.1. The molecule has 2 aromatic rings. The lowest BCUT2D eigenvalue weighted by Gasteiger charge is -2.21. The monoisotopic (exact) mass is 261 g/mol. The van der Waals surface area contributed by atoms with Crippen molar-refractivity contribution in [3.63, 3.8) is 0 Å². The molecular weight excluding hydrogens is 246 g/mol. The van der Waals surface area contributed by atoms with Gasteiger partial charge in [0, 0.05) is 18.0 Å². The van der Waals surface area contributed by atoms with Crippen LogP contribution in [0.25, 0.3) is 10.8 Å². The Hall–Kier alpha value is -1.27. The van der Waals surface area contributed by atoms with Crippen molar-refractivity contribution in [2.45, 2.75) is 38.8 Å². The van der Waals surface area contributed by atoms with Crippen molar-refractivity contribution in [1.29, 1.82) is 0 Å². The van der Waals surface area contributed by atoms with E-state index in [2.05, 4.69) is 27.0 Å². The third-order valence-corrected chi connectivity index (χ3v) is 4.89. The van der Waals surface area contributed by atoms with Crippen molar-refractivity contribution in [2.24, 2.45) is 0 Å². The Morgan fingerprint density at radius 1 is 1.33 bits per heavy atom. The Morgan fingerprint density at radius 2 is 2.28 bits per heavy atom. The maximum atomic E-state index is 4.74. The van der Waals surface area contributed by atoms with E-state index in [0.29, 0.717) is 0 Å². The van der Waals surface area contributed by atoms with Crippen molar-refractivity contribution in [3.05, 3.63) is 16.4 Å². The van der Waals surface area contributed by atoms with Gasteiger partial charge in [0.05, 0.1) is 11.7 Å². The zero-order valence-corrected chi connectivity index (χ0v) is 11.1. The summed E-state index contributed by atoms with van der Waals surface area (Å²) in [5.41, 5.74) is 1.29. The molecule has 0 spiro atoms. The lowest BCUT2D eigenvalue weighted by molar-refractivity contribution is 0.439. The van der Waals surface area contributed by atoms with Gasteiger partial charge in [-0.2, -0.15) is 0 Å². The highest BCUT2D eigenvalue weighted by molar-refractivity contribution is 7.15. The van der Waals surface area contributed by atoms with Gasteiger partial charge in [0.2, 0.25) is 0 Å². The largest absolute Gasteiger partial charge is 0.306 e. The summed E-state index contributed by atoms with van der Waals surface area (Å²) >= 11 is 1.80. The summed E-state index contributed by atoms with van der Waals surface area (Å²) in [6.07, 6.45) is 3.57. The smallest absolute Gasteiger partial charge is 0.193 e. The first kappa shape index (κ1) is 10.6. The topological polar surface area (TPSA) is 55.6 Å². The molecule has 4 rings (SSSR count). The molecular formula is C12H15N5S. The predicted molar refractivity (Wildman–Crippen MR) is 69.6 cm³/mol. The third kappa shape index (κ3) is 1.45. The van der Waals surface area contributed by atoms with E-state index < -0.39 is 0 Å². The van der Waals surface area contributed by atoms with Crippen LogP contribution in [0, 0.1) is 0 Å². The molecule has 6 heteroatoms. The van der Waals surface area contributed by atoms with E-state index in [0.717, 1.165) is 36.2 Å². The highest BCUT2D eigenvalue weighted by Gasteiger charge is 2.25. The quantitative estimate of drug-likeness (QED) is 0.846. The van der Waals surface area contributed by atoms with Gasteiger partial charge in [-0.25, -0.2) is 4.98 Å². The van der Waals surface area contributed by atoms with E-state index in [-0.39, 0.29) is 6.04 Å². The maximum absolute atomic E-state index is 4.74. The Balaban J connectivity index is 1.80. The fourth-order valence-electron chi connectivity index (χ4n) is 2.78. The molecule has 5 nitrogen and oxygen atoms in total. The average Bonchev–Trinajstić information content (AvgIpc) is 3.00. The van der Waals surface area contributed by atoms with Crippen molar-refractivity contribution >= 4 is 11.3 Å². The second kappa shape index (κ2) is 3.86. The van der Waals surface area contributed by atoms with Crippen LogP contribution in [0.1, 0.15) is 35.8 Å². The van der Waals surface area contributed by atoms with Crippen LogP contribution >= 0.6 is 11.3 Å². The minimum atomic E-state index is 0.284. The summed E-state index contributed by atoms with van der Waals surface area (Å²) < 4.78 is 2.22. The number of rotatable bonds is 1. The molecule has 0 bridgehead atoms. The number of nitrogens with one attached hydrogen (secondary N) is 1. The van der Waals surface area contributed by atoms with Crippen LogP contribution in [-0.2, 0) is 19.4 Å². The van der Waals surface area contributed by atoms with E-state index in [1.807, 2.05) is 0 Å². The van der Waals surface area contributed by atoms with Gasteiger partial charge in [-0.15, -0.1) is 21.5 Å². The number of nitrogens with zero attached hydrogens (tertiary/aromatic N) is 4. The van der Waals surface area contributed by atoms with Crippen molar-refractivity contribution in [1.82, 2.24) is 25.1 Å². The van der Waals surface area contributed by atoms with E-state index in [9.17, 15) is 0 Å². The summed E-state index contributed by atoms with van der Waals surface area (Å²) in [5, 5.41) is 13.1. The second-order valence-electron chi connectivity index (χ2n) is 4.95. The molecule has 1 atom stereocenters. The number of thiazole rings is 1. The molecule has 94 valence electrons. The minimum Gasteiger partial charge on any atom is -0.306 e. The van der Waals surface area contributed by atoms with Crippen molar-refractivity contribution in [2.75, 3.05) is 6.54 Å². The number of aryl methyl sites for hydroxylation is 2. The molecule has 18 heavy (non-hydrogen) atoms. The molecule has 1 N–H and O–H groups in total. The summed E-state index contributed by atoms with van der Waals surface area (Å²) in [4.78, 5) is 6.19. The van der Waals surface area contributed by atoms with Crippen LogP contribution in [0.2, 0.25) is 0 Å². The van der Waals surface area contributed by atoms with Crippen LogP contribution < -0.4 is 5.32 Å². The standard InChI is InChI=1S/C12H15N5S/c1-7-10-15-16-11(17(10)6-5-13-7)12-14-8-3-2-4-9(8)18-12/h7,13H,2-6H2,1H3/t7-/m1/s1. The van der Waals surface area contributed by atoms with E-state index in [4.69, 9.17) is 4.98 Å². The summed E-state index contributed by atoms with van der Waals surface area (Å²) in [6.45, 7) is 4.04. The van der Waals surface area contributed by atoms with Crippen molar-refractivity contribution < 1.29 is 0 Å². The Kier molecular flexibility index (Phi) is 2.28. The summed E-state index contributed by atoms with van der Waals surface area (Å²) in [5.74, 6) is 1.99. The molecule has 0 saturated heterocycles.